The lowest BCUT2D eigenvalue weighted by Gasteiger charge is -2.28. The van der Waals surface area contributed by atoms with E-state index in [2.05, 4.69) is 15.5 Å². The fraction of sp³-hybridized carbons (Fsp3) is 0.438. The third-order valence-electron chi connectivity index (χ3n) is 4.48. The molecule has 26 heavy (non-hydrogen) atoms. The fourth-order valence-corrected chi connectivity index (χ4v) is 3.80. The Morgan fingerprint density at radius 1 is 1.19 bits per heavy atom. The average molecular weight is 391 g/mol. The maximum Gasteiger partial charge on any atom is 0.416 e. The van der Waals surface area contributed by atoms with Crippen molar-refractivity contribution in [1.29, 1.82) is 0 Å². The molecule has 0 spiro atoms. The van der Waals surface area contributed by atoms with Crippen LogP contribution in [0.3, 0.4) is 0 Å². The van der Waals surface area contributed by atoms with Crippen molar-refractivity contribution in [3.63, 3.8) is 0 Å². The molecular weight excluding hydrogens is 377 g/mol. The van der Waals surface area contributed by atoms with Crippen molar-refractivity contribution in [3.8, 4) is 0 Å². The Balaban J connectivity index is 1.91. The first-order valence-corrected chi connectivity index (χ1v) is 8.65. The highest BCUT2D eigenvalue weighted by atomic mass is 32.1. The summed E-state index contributed by atoms with van der Waals surface area (Å²) in [4.78, 5) is 12.8. The summed E-state index contributed by atoms with van der Waals surface area (Å²) in [5.74, 6) is -0.550. The lowest BCUT2D eigenvalue weighted by molar-refractivity contribution is -0.137. The topological polar surface area (TPSA) is 54.9 Å². The monoisotopic (exact) mass is 391 g/mol. The molecule has 0 atom stereocenters. The number of nitrogens with zero attached hydrogens (tertiary/aromatic N) is 2. The summed E-state index contributed by atoms with van der Waals surface area (Å²) in [5, 5.41) is 8.63. The van der Waals surface area contributed by atoms with Gasteiger partial charge in [0.05, 0.1) is 11.0 Å². The van der Waals surface area contributed by atoms with Crippen molar-refractivity contribution in [2.24, 2.45) is 0 Å². The van der Waals surface area contributed by atoms with Gasteiger partial charge >= 0.3 is 6.18 Å². The third-order valence-corrected chi connectivity index (χ3v) is 5.33. The van der Waals surface area contributed by atoms with Crippen molar-refractivity contribution < 1.29 is 26.7 Å². The van der Waals surface area contributed by atoms with Crippen LogP contribution in [-0.2, 0) is 16.4 Å². The van der Waals surface area contributed by atoms with Crippen LogP contribution in [0.2, 0.25) is 0 Å². The molecule has 0 radical (unpaired) electrons. The van der Waals surface area contributed by atoms with Gasteiger partial charge in [-0.2, -0.15) is 13.2 Å². The van der Waals surface area contributed by atoms with E-state index >= 15 is 0 Å². The maximum atomic E-state index is 13.0. The molecule has 0 saturated heterocycles. The van der Waals surface area contributed by atoms with Gasteiger partial charge in [-0.1, -0.05) is 42.4 Å². The molecule has 140 valence electrons. The van der Waals surface area contributed by atoms with Crippen LogP contribution in [0.1, 0.15) is 48.2 Å². The van der Waals surface area contributed by atoms with Gasteiger partial charge in [0.15, 0.2) is 5.01 Å². The lowest BCUT2D eigenvalue weighted by Crippen LogP contribution is -2.38. The SMILES string of the molecule is O=C(Nc1nnc(C(F)F)s1)C1(c2cccc(C(F)(F)F)c2)CCCC1. The minimum Gasteiger partial charge on any atom is -0.300 e. The van der Waals surface area contributed by atoms with E-state index in [-0.39, 0.29) is 10.7 Å². The van der Waals surface area contributed by atoms with E-state index in [0.717, 1.165) is 12.1 Å². The molecule has 1 fully saturated rings. The van der Waals surface area contributed by atoms with Gasteiger partial charge in [-0.3, -0.25) is 10.1 Å². The summed E-state index contributed by atoms with van der Waals surface area (Å²) in [6.45, 7) is 0. The number of aromatic nitrogens is 2. The Morgan fingerprint density at radius 3 is 2.46 bits per heavy atom. The normalized spacial score (nSPS) is 16.8. The largest absolute Gasteiger partial charge is 0.416 e. The molecule has 1 aliphatic carbocycles. The van der Waals surface area contributed by atoms with Crippen LogP contribution in [0.4, 0.5) is 27.1 Å². The molecule has 3 rings (SSSR count). The number of hydrogen-bond donors (Lipinski definition) is 1. The van der Waals surface area contributed by atoms with E-state index in [9.17, 15) is 26.7 Å². The number of amides is 1. The Kier molecular flexibility index (Phi) is 4.96. The summed E-state index contributed by atoms with van der Waals surface area (Å²) >= 11 is 0.545. The molecule has 1 aromatic heterocycles. The maximum absolute atomic E-state index is 13.0. The highest BCUT2D eigenvalue weighted by Gasteiger charge is 2.44. The van der Waals surface area contributed by atoms with Crippen LogP contribution < -0.4 is 5.32 Å². The second-order valence-corrected chi connectivity index (χ2v) is 7.08. The number of benzene rings is 1. The van der Waals surface area contributed by atoms with Gasteiger partial charge in [0.1, 0.15) is 0 Å². The van der Waals surface area contributed by atoms with Crippen LogP contribution in [-0.4, -0.2) is 16.1 Å². The number of hydrogen-bond acceptors (Lipinski definition) is 4. The summed E-state index contributed by atoms with van der Waals surface area (Å²) < 4.78 is 64.3. The van der Waals surface area contributed by atoms with Crippen molar-refractivity contribution in [3.05, 3.63) is 40.4 Å². The molecule has 1 aromatic carbocycles. The molecule has 10 heteroatoms. The highest BCUT2D eigenvalue weighted by Crippen LogP contribution is 2.43. The second kappa shape index (κ2) is 6.90. The zero-order valence-corrected chi connectivity index (χ0v) is 14.1. The van der Waals surface area contributed by atoms with Crippen LogP contribution in [0.5, 0.6) is 0 Å². The van der Waals surface area contributed by atoms with Gasteiger partial charge in [0.25, 0.3) is 6.43 Å². The lowest BCUT2D eigenvalue weighted by atomic mass is 9.77. The Bertz CT molecular complexity index is 799. The Labute approximate surface area is 149 Å². The molecule has 1 N–H and O–H groups in total. The van der Waals surface area contributed by atoms with Crippen LogP contribution in [0.15, 0.2) is 24.3 Å². The molecule has 1 amide bonds. The predicted octanol–water partition coefficient (Wildman–Crippen LogP) is 4.95. The molecule has 1 heterocycles. The van der Waals surface area contributed by atoms with Crippen molar-refractivity contribution in [1.82, 2.24) is 10.2 Å². The zero-order chi connectivity index (χ0) is 18.9. The van der Waals surface area contributed by atoms with Crippen LogP contribution >= 0.6 is 11.3 Å². The molecule has 0 aliphatic heterocycles. The summed E-state index contributed by atoms with van der Waals surface area (Å²) in [6.07, 6.45) is -5.20. The molecule has 0 unspecified atom stereocenters. The zero-order valence-electron chi connectivity index (χ0n) is 13.3. The van der Waals surface area contributed by atoms with Crippen LogP contribution in [0.25, 0.3) is 0 Å². The van der Waals surface area contributed by atoms with E-state index in [1.165, 1.54) is 12.1 Å². The second-order valence-electron chi connectivity index (χ2n) is 6.07. The summed E-state index contributed by atoms with van der Waals surface area (Å²) in [6, 6.07) is 4.69. The van der Waals surface area contributed by atoms with Crippen molar-refractivity contribution in [2.45, 2.75) is 43.7 Å². The quantitative estimate of drug-likeness (QED) is 0.751. The first-order valence-electron chi connectivity index (χ1n) is 7.83. The first kappa shape index (κ1) is 18.7. The van der Waals surface area contributed by atoms with E-state index < -0.39 is 34.5 Å². The number of carbonyl (C=O) groups is 1. The van der Waals surface area contributed by atoms with Gasteiger partial charge in [0, 0.05) is 0 Å². The molecular formula is C16H14F5N3OS. The van der Waals surface area contributed by atoms with E-state index in [0.29, 0.717) is 37.0 Å². The van der Waals surface area contributed by atoms with Crippen molar-refractivity contribution >= 4 is 22.4 Å². The fourth-order valence-electron chi connectivity index (χ4n) is 3.21. The average Bonchev–Trinajstić information content (AvgIpc) is 3.24. The van der Waals surface area contributed by atoms with Crippen molar-refractivity contribution in [2.75, 3.05) is 5.32 Å². The van der Waals surface area contributed by atoms with Gasteiger partial charge < -0.3 is 0 Å². The van der Waals surface area contributed by atoms with Gasteiger partial charge in [0.2, 0.25) is 11.0 Å². The Morgan fingerprint density at radius 2 is 1.88 bits per heavy atom. The molecule has 2 aromatic rings. The smallest absolute Gasteiger partial charge is 0.300 e. The summed E-state index contributed by atoms with van der Waals surface area (Å²) in [5.41, 5.74) is -1.70. The number of nitrogens with one attached hydrogen (secondary N) is 1. The van der Waals surface area contributed by atoms with E-state index in [1.54, 1.807) is 0 Å². The number of carbonyl (C=O) groups excluding carboxylic acids is 1. The third kappa shape index (κ3) is 3.55. The van der Waals surface area contributed by atoms with Gasteiger partial charge in [-0.15, -0.1) is 10.2 Å². The minimum atomic E-state index is -4.52. The molecule has 1 saturated carbocycles. The number of rotatable bonds is 4. The van der Waals surface area contributed by atoms with Crippen LogP contribution in [0, 0.1) is 0 Å². The van der Waals surface area contributed by atoms with Gasteiger partial charge in [-0.25, -0.2) is 8.78 Å². The minimum absolute atomic E-state index is 0.0939. The highest BCUT2D eigenvalue weighted by molar-refractivity contribution is 7.15. The number of halogens is 5. The molecule has 4 nitrogen and oxygen atoms in total. The van der Waals surface area contributed by atoms with E-state index in [4.69, 9.17) is 0 Å². The predicted molar refractivity (Wildman–Crippen MR) is 85.1 cm³/mol. The Hall–Kier alpha value is -2.10. The van der Waals surface area contributed by atoms with E-state index in [1.807, 2.05) is 0 Å². The summed E-state index contributed by atoms with van der Waals surface area (Å²) in [7, 11) is 0. The first-order chi connectivity index (χ1) is 12.2. The molecule has 0 bridgehead atoms. The standard InChI is InChI=1S/C16H14F5N3OS/c17-11(18)12-23-24-14(26-12)22-13(25)15(6-1-2-7-15)9-4-3-5-10(8-9)16(19,20)21/h3-5,8,11H,1-2,6-7H2,(H,22,24,25). The number of alkyl halides is 5. The van der Waals surface area contributed by atoms with Gasteiger partial charge in [-0.05, 0) is 24.5 Å². The number of anilines is 1. The molecule has 1 aliphatic rings.